The van der Waals surface area contributed by atoms with Crippen molar-refractivity contribution in [3.05, 3.63) is 33.4 Å². The second-order valence-corrected chi connectivity index (χ2v) is 4.49. The number of benzene rings is 1. The second-order valence-electron chi connectivity index (χ2n) is 3.33. The van der Waals surface area contributed by atoms with Gasteiger partial charge in [-0.05, 0) is 54.6 Å². The van der Waals surface area contributed by atoms with E-state index in [9.17, 15) is 0 Å². The summed E-state index contributed by atoms with van der Waals surface area (Å²) in [4.78, 5) is 0. The van der Waals surface area contributed by atoms with Crippen molar-refractivity contribution in [3.8, 4) is 11.8 Å². The number of hydrogen-bond acceptors (Lipinski definition) is 1. The Kier molecular flexibility index (Phi) is 5.74. The minimum Gasteiger partial charge on any atom is -0.313 e. The first-order valence-electron chi connectivity index (χ1n) is 5.11. The molecule has 0 bridgehead atoms. The van der Waals surface area contributed by atoms with E-state index < -0.39 is 0 Å². The van der Waals surface area contributed by atoms with Crippen molar-refractivity contribution in [2.45, 2.75) is 25.8 Å². The molecule has 0 saturated carbocycles. The monoisotopic (exact) mass is 313 g/mol. The lowest BCUT2D eigenvalue weighted by molar-refractivity contribution is 0.556. The highest BCUT2D eigenvalue weighted by atomic mass is 127. The Labute approximate surface area is 106 Å². The van der Waals surface area contributed by atoms with Crippen LogP contribution in [0.2, 0.25) is 0 Å². The molecule has 1 aromatic rings. The fourth-order valence-electron chi connectivity index (χ4n) is 1.55. The number of nitrogens with one attached hydrogen (secondary N) is 1. The van der Waals surface area contributed by atoms with Crippen LogP contribution in [0, 0.1) is 15.4 Å². The van der Waals surface area contributed by atoms with Gasteiger partial charge in [0.05, 0.1) is 0 Å². The van der Waals surface area contributed by atoms with Crippen molar-refractivity contribution in [1.82, 2.24) is 5.32 Å². The molecule has 0 heterocycles. The fraction of sp³-hybridized carbons (Fsp3) is 0.385. The van der Waals surface area contributed by atoms with E-state index in [0.29, 0.717) is 6.04 Å². The third-order valence-corrected chi connectivity index (χ3v) is 3.35. The Morgan fingerprint density at radius 3 is 2.73 bits per heavy atom. The summed E-state index contributed by atoms with van der Waals surface area (Å²) in [5.41, 5.74) is 1.37. The van der Waals surface area contributed by atoms with Crippen LogP contribution in [0.15, 0.2) is 24.3 Å². The van der Waals surface area contributed by atoms with Gasteiger partial charge in [0, 0.05) is 16.0 Å². The van der Waals surface area contributed by atoms with Crippen molar-refractivity contribution in [3.63, 3.8) is 0 Å². The van der Waals surface area contributed by atoms with Crippen LogP contribution in [0.1, 0.15) is 31.4 Å². The summed E-state index contributed by atoms with van der Waals surface area (Å²) in [6.45, 7) is 1.89. The predicted octanol–water partition coefficient (Wildman–Crippen LogP) is 3.36. The SMILES string of the molecule is CC#CCCC(NC)c1ccccc1I. The lowest BCUT2D eigenvalue weighted by Gasteiger charge is -2.16. The highest BCUT2D eigenvalue weighted by Crippen LogP contribution is 2.22. The van der Waals surface area contributed by atoms with Gasteiger partial charge in [0.25, 0.3) is 0 Å². The molecule has 0 amide bonds. The predicted molar refractivity (Wildman–Crippen MR) is 73.6 cm³/mol. The molecule has 1 aromatic carbocycles. The molecule has 0 aliphatic heterocycles. The zero-order chi connectivity index (χ0) is 11.1. The van der Waals surface area contributed by atoms with Crippen molar-refractivity contribution in [1.29, 1.82) is 0 Å². The van der Waals surface area contributed by atoms with Gasteiger partial charge < -0.3 is 5.32 Å². The third-order valence-electron chi connectivity index (χ3n) is 2.36. The van der Waals surface area contributed by atoms with Crippen LogP contribution in [0.25, 0.3) is 0 Å². The van der Waals surface area contributed by atoms with Gasteiger partial charge in [-0.2, -0.15) is 0 Å². The van der Waals surface area contributed by atoms with Crippen LogP contribution in [-0.4, -0.2) is 7.05 Å². The van der Waals surface area contributed by atoms with Gasteiger partial charge in [-0.3, -0.25) is 0 Å². The molecule has 1 nitrogen and oxygen atoms in total. The lowest BCUT2D eigenvalue weighted by Crippen LogP contribution is -2.17. The molecule has 1 unspecified atom stereocenters. The second kappa shape index (κ2) is 6.86. The number of rotatable bonds is 4. The Morgan fingerprint density at radius 2 is 2.13 bits per heavy atom. The van der Waals surface area contributed by atoms with Crippen molar-refractivity contribution >= 4 is 22.6 Å². The standard InChI is InChI=1S/C13H16IN/c1-3-4-5-10-13(15-2)11-8-6-7-9-12(11)14/h6-9,13,15H,5,10H2,1-2H3. The number of halogens is 1. The summed E-state index contributed by atoms with van der Waals surface area (Å²) in [6.07, 6.45) is 2.02. The molecule has 0 fully saturated rings. The van der Waals surface area contributed by atoms with Crippen LogP contribution in [0.3, 0.4) is 0 Å². The molecule has 0 spiro atoms. The maximum absolute atomic E-state index is 3.35. The molecule has 1 rings (SSSR count). The fourth-order valence-corrected chi connectivity index (χ4v) is 2.32. The molecule has 2 heteroatoms. The summed E-state index contributed by atoms with van der Waals surface area (Å²) >= 11 is 2.38. The van der Waals surface area contributed by atoms with E-state index in [0.717, 1.165) is 12.8 Å². The largest absolute Gasteiger partial charge is 0.313 e. The average Bonchev–Trinajstić information content (AvgIpc) is 2.26. The Bertz CT molecular complexity index is 362. The maximum Gasteiger partial charge on any atom is 0.0337 e. The molecule has 0 saturated heterocycles. The Morgan fingerprint density at radius 1 is 1.40 bits per heavy atom. The summed E-state index contributed by atoms with van der Waals surface area (Å²) in [5.74, 6) is 6.04. The minimum absolute atomic E-state index is 0.416. The molecule has 80 valence electrons. The first kappa shape index (κ1) is 12.5. The molecule has 1 atom stereocenters. The first-order valence-corrected chi connectivity index (χ1v) is 6.18. The van der Waals surface area contributed by atoms with Gasteiger partial charge in [0.2, 0.25) is 0 Å². The minimum atomic E-state index is 0.416. The molecule has 15 heavy (non-hydrogen) atoms. The molecule has 0 aliphatic carbocycles. The lowest BCUT2D eigenvalue weighted by atomic mass is 10.0. The normalized spacial score (nSPS) is 11.7. The Balaban J connectivity index is 2.72. The average molecular weight is 313 g/mol. The summed E-state index contributed by atoms with van der Waals surface area (Å²) in [5, 5.41) is 3.35. The van der Waals surface area contributed by atoms with Gasteiger partial charge in [-0.15, -0.1) is 11.8 Å². The zero-order valence-electron chi connectivity index (χ0n) is 9.18. The number of hydrogen-bond donors (Lipinski definition) is 1. The molecule has 1 N–H and O–H groups in total. The van der Waals surface area contributed by atoms with Gasteiger partial charge >= 0.3 is 0 Å². The van der Waals surface area contributed by atoms with Crippen LogP contribution in [0.5, 0.6) is 0 Å². The van der Waals surface area contributed by atoms with E-state index in [4.69, 9.17) is 0 Å². The van der Waals surface area contributed by atoms with E-state index in [1.807, 2.05) is 14.0 Å². The quantitative estimate of drug-likeness (QED) is 0.664. The molecule has 0 aromatic heterocycles. The molecule has 0 radical (unpaired) electrons. The van der Waals surface area contributed by atoms with Crippen LogP contribution >= 0.6 is 22.6 Å². The van der Waals surface area contributed by atoms with Gasteiger partial charge in [0.15, 0.2) is 0 Å². The summed E-state index contributed by atoms with van der Waals surface area (Å²) in [7, 11) is 2.01. The Hall–Kier alpha value is -0.530. The molecule has 0 aliphatic rings. The third kappa shape index (κ3) is 3.84. The maximum atomic E-state index is 3.35. The molecular formula is C13H16IN. The van der Waals surface area contributed by atoms with Crippen molar-refractivity contribution < 1.29 is 0 Å². The summed E-state index contributed by atoms with van der Waals surface area (Å²) in [6, 6.07) is 8.91. The first-order chi connectivity index (χ1) is 7.29. The van der Waals surface area contributed by atoms with Crippen LogP contribution in [0.4, 0.5) is 0 Å². The van der Waals surface area contributed by atoms with Gasteiger partial charge in [-0.1, -0.05) is 18.2 Å². The van der Waals surface area contributed by atoms with Crippen LogP contribution < -0.4 is 5.32 Å². The van der Waals surface area contributed by atoms with E-state index >= 15 is 0 Å². The van der Waals surface area contributed by atoms with Crippen LogP contribution in [-0.2, 0) is 0 Å². The highest BCUT2D eigenvalue weighted by molar-refractivity contribution is 14.1. The topological polar surface area (TPSA) is 12.0 Å². The zero-order valence-corrected chi connectivity index (χ0v) is 11.3. The van der Waals surface area contributed by atoms with Gasteiger partial charge in [-0.25, -0.2) is 0 Å². The summed E-state index contributed by atoms with van der Waals surface area (Å²) < 4.78 is 1.32. The van der Waals surface area contributed by atoms with E-state index in [1.165, 1.54) is 9.13 Å². The van der Waals surface area contributed by atoms with E-state index in [-0.39, 0.29) is 0 Å². The van der Waals surface area contributed by atoms with E-state index in [2.05, 4.69) is 64.0 Å². The van der Waals surface area contributed by atoms with E-state index in [1.54, 1.807) is 0 Å². The van der Waals surface area contributed by atoms with Gasteiger partial charge in [0.1, 0.15) is 0 Å². The van der Waals surface area contributed by atoms with Crippen molar-refractivity contribution in [2.24, 2.45) is 0 Å². The van der Waals surface area contributed by atoms with Crippen molar-refractivity contribution in [2.75, 3.05) is 7.05 Å². The highest BCUT2D eigenvalue weighted by Gasteiger charge is 2.10. The molecular weight excluding hydrogens is 297 g/mol. The smallest absolute Gasteiger partial charge is 0.0337 e.